The molecule has 392 valence electrons. The summed E-state index contributed by atoms with van der Waals surface area (Å²) in [5.41, 5.74) is 2.23. The van der Waals surface area contributed by atoms with E-state index in [0.717, 1.165) is 27.8 Å². The predicted molar refractivity (Wildman–Crippen MR) is 285 cm³/mol. The third-order valence-corrected chi connectivity index (χ3v) is 16.2. The molecule has 1 spiro atoms. The van der Waals surface area contributed by atoms with Crippen molar-refractivity contribution in [1.29, 1.82) is 0 Å². The van der Waals surface area contributed by atoms with Crippen LogP contribution in [0.2, 0.25) is 0 Å². The number of carbonyl (C=O) groups is 7. The predicted octanol–water partition coefficient (Wildman–Crippen LogP) is 8.64. The van der Waals surface area contributed by atoms with E-state index in [1.165, 1.54) is 55.8 Å². The van der Waals surface area contributed by atoms with Crippen LogP contribution < -0.4 is 25.2 Å². The quantitative estimate of drug-likeness (QED) is 0.0524. The zero-order valence-electron chi connectivity index (χ0n) is 42.3. The van der Waals surface area contributed by atoms with Crippen molar-refractivity contribution in [1.82, 2.24) is 15.1 Å². The molecule has 1 aromatic heterocycles. The van der Waals surface area contributed by atoms with Gasteiger partial charge in [-0.2, -0.15) is 0 Å². The molecule has 0 bridgehead atoms. The number of aryl methyl sites for hydroxylation is 2. The highest BCUT2D eigenvalue weighted by Crippen LogP contribution is 2.58. The van der Waals surface area contributed by atoms with Crippen LogP contribution in [0.1, 0.15) is 79.6 Å². The highest BCUT2D eigenvalue weighted by atomic mass is 32.2. The van der Waals surface area contributed by atoms with Crippen LogP contribution in [0.15, 0.2) is 158 Å². The second-order valence-electron chi connectivity index (χ2n) is 18.9. The number of nitrogens with zero attached hydrogens (tertiary/aromatic N) is 2. The number of esters is 4. The summed E-state index contributed by atoms with van der Waals surface area (Å²) >= 11 is 2.44. The number of rotatable bonds is 12. The average molecular weight is 1080 g/mol. The lowest BCUT2D eigenvalue weighted by Crippen LogP contribution is -2.71. The summed E-state index contributed by atoms with van der Waals surface area (Å²) in [4.78, 5) is 111. The molecule has 4 aliphatic rings. The summed E-state index contributed by atoms with van der Waals surface area (Å²) in [5.74, 6) is -3.75. The number of β-lactam (4-membered cyclic amide) rings is 1. The molecular weight excluding hydrogens is 1040 g/mol. The molecule has 11 rings (SSSR count). The van der Waals surface area contributed by atoms with Crippen LogP contribution in [-0.2, 0) is 39.0 Å². The normalized spacial score (nSPS) is 16.5. The van der Waals surface area contributed by atoms with Crippen LogP contribution in [0, 0.1) is 13.8 Å². The summed E-state index contributed by atoms with van der Waals surface area (Å²) in [7, 11) is 1.36. The molecule has 7 aromatic rings. The van der Waals surface area contributed by atoms with Gasteiger partial charge in [-0.1, -0.05) is 78.5 Å². The van der Waals surface area contributed by atoms with Gasteiger partial charge in [0.25, 0.3) is 11.8 Å². The van der Waals surface area contributed by atoms with Crippen molar-refractivity contribution in [3.63, 3.8) is 0 Å². The third kappa shape index (κ3) is 9.23. The maximum atomic E-state index is 15.0. The Morgan fingerprint density at radius 1 is 0.769 bits per heavy atom. The molecule has 17 nitrogen and oxygen atoms in total. The van der Waals surface area contributed by atoms with E-state index in [1.807, 2.05) is 74.5 Å². The summed E-state index contributed by atoms with van der Waals surface area (Å²) < 4.78 is 35.3. The minimum atomic E-state index is -1.58. The first-order chi connectivity index (χ1) is 37.5. The van der Waals surface area contributed by atoms with Crippen LogP contribution in [0.3, 0.4) is 0 Å². The van der Waals surface area contributed by atoms with Crippen molar-refractivity contribution in [2.45, 2.75) is 55.7 Å². The van der Waals surface area contributed by atoms with Gasteiger partial charge in [0.05, 0.1) is 12.1 Å². The number of fused-ring (bicyclic) bond motifs is 8. The SMILES string of the molecule is CC(=O)Oc1ccc2c(c1)Oc1cc(OC(C)=O)ccc1C21OC(=O)c2cc(SC3=C(C(=O)OC(c4ccccc4)c4ccccc4)N4C(=O)C(NC(=O)CN(C)C(=O)c5cc6cc(C)c(C)cc6oc5=O)C4SC3)ccc21. The molecule has 0 radical (unpaired) electrons. The molecule has 1 fully saturated rings. The van der Waals surface area contributed by atoms with Crippen molar-refractivity contribution in [2.75, 3.05) is 19.3 Å². The molecule has 0 aliphatic carbocycles. The number of benzene rings is 6. The van der Waals surface area contributed by atoms with Crippen LogP contribution in [-0.4, -0.2) is 82.2 Å². The minimum Gasteiger partial charge on any atom is -0.456 e. The second kappa shape index (κ2) is 20.2. The standard InChI is InChI=1S/C59H45N3O14S2/c1-30-22-36-24-41(56(68)74-45(36)23-31(30)2)53(66)61(5)28-49(65)60-50-54(67)62-51(58(70)75-52(34-12-8-6-9-13-34)35-14-10-7-11-15-35)48(29-77-55(50)62)78-39-18-21-42-40(27-39)57(69)76-59(42)43-19-16-37(71-32(3)63)25-46(43)73-47-26-38(72-33(4)64)17-20-44(47)59/h6-27,50,52,55H,28-29H2,1-5H3,(H,60,65). The van der Waals surface area contributed by atoms with Gasteiger partial charge in [-0.05, 0) is 90.7 Å². The Kier molecular flexibility index (Phi) is 13.3. The molecule has 2 unspecified atom stereocenters. The van der Waals surface area contributed by atoms with Gasteiger partial charge in [0.1, 0.15) is 51.3 Å². The number of hydrogen-bond acceptors (Lipinski definition) is 16. The van der Waals surface area contributed by atoms with E-state index in [4.69, 9.17) is 28.1 Å². The summed E-state index contributed by atoms with van der Waals surface area (Å²) in [5, 5.41) is 2.52. The Morgan fingerprint density at radius 2 is 1.37 bits per heavy atom. The lowest BCUT2D eigenvalue weighted by atomic mass is 9.77. The summed E-state index contributed by atoms with van der Waals surface area (Å²) in [6.45, 7) is 5.78. The molecule has 19 heteroatoms. The molecule has 6 aromatic carbocycles. The van der Waals surface area contributed by atoms with E-state index >= 15 is 0 Å². The molecule has 0 saturated carbocycles. The topological polar surface area (TPSA) is 214 Å². The number of hydrogen-bond donors (Lipinski definition) is 1. The van der Waals surface area contributed by atoms with E-state index in [1.54, 1.807) is 54.6 Å². The van der Waals surface area contributed by atoms with Crippen molar-refractivity contribution < 1.29 is 61.7 Å². The smallest absolute Gasteiger partial charge is 0.356 e. The minimum absolute atomic E-state index is 0.0594. The monoisotopic (exact) mass is 1080 g/mol. The molecule has 78 heavy (non-hydrogen) atoms. The van der Waals surface area contributed by atoms with Gasteiger partial charge < -0.3 is 38.3 Å². The van der Waals surface area contributed by atoms with Crippen molar-refractivity contribution in [3.05, 3.63) is 205 Å². The number of ether oxygens (including phenoxy) is 5. The molecule has 3 amide bonds. The maximum Gasteiger partial charge on any atom is 0.356 e. The van der Waals surface area contributed by atoms with Gasteiger partial charge >= 0.3 is 29.5 Å². The van der Waals surface area contributed by atoms with Gasteiger partial charge in [0.2, 0.25) is 5.91 Å². The molecule has 5 heterocycles. The molecule has 1 saturated heterocycles. The van der Waals surface area contributed by atoms with E-state index in [9.17, 15) is 38.4 Å². The lowest BCUT2D eigenvalue weighted by molar-refractivity contribution is -0.154. The van der Waals surface area contributed by atoms with Crippen LogP contribution in [0.25, 0.3) is 11.0 Å². The van der Waals surface area contributed by atoms with Crippen LogP contribution in [0.5, 0.6) is 23.0 Å². The Bertz CT molecular complexity index is 3720. The third-order valence-electron chi connectivity index (χ3n) is 13.7. The fourth-order valence-electron chi connectivity index (χ4n) is 9.98. The summed E-state index contributed by atoms with van der Waals surface area (Å²) in [6, 6.07) is 36.7. The number of nitrogens with one attached hydrogen (secondary N) is 1. The number of likely N-dealkylation sites (N-methyl/N-ethyl adjacent to an activating group) is 1. The molecular formula is C59H45N3O14S2. The Hall–Kier alpha value is -8.94. The average Bonchev–Trinajstić information content (AvgIpc) is 3.77. The first-order valence-corrected chi connectivity index (χ1v) is 26.3. The molecule has 1 N–H and O–H groups in total. The van der Waals surface area contributed by atoms with Gasteiger partial charge in [0.15, 0.2) is 11.7 Å². The fourth-order valence-corrected chi connectivity index (χ4v) is 12.5. The Morgan fingerprint density at radius 3 is 1.99 bits per heavy atom. The van der Waals surface area contributed by atoms with E-state index in [-0.39, 0.29) is 45.6 Å². The van der Waals surface area contributed by atoms with Gasteiger partial charge in [-0.3, -0.25) is 28.9 Å². The highest BCUT2D eigenvalue weighted by molar-refractivity contribution is 8.06. The van der Waals surface area contributed by atoms with Gasteiger partial charge in [-0.15, -0.1) is 11.8 Å². The largest absolute Gasteiger partial charge is 0.456 e. The Balaban J connectivity index is 0.910. The van der Waals surface area contributed by atoms with E-state index in [2.05, 4.69) is 5.32 Å². The zero-order chi connectivity index (χ0) is 54.7. The van der Waals surface area contributed by atoms with Crippen molar-refractivity contribution >= 4 is 76.1 Å². The van der Waals surface area contributed by atoms with Crippen LogP contribution in [0.4, 0.5) is 0 Å². The first-order valence-electron chi connectivity index (χ1n) is 24.5. The number of thioether (sulfide) groups is 2. The first kappa shape index (κ1) is 51.2. The maximum absolute atomic E-state index is 15.0. The lowest BCUT2D eigenvalue weighted by Gasteiger charge is -2.49. The van der Waals surface area contributed by atoms with E-state index in [0.29, 0.717) is 48.6 Å². The summed E-state index contributed by atoms with van der Waals surface area (Å²) in [6.07, 6.45) is -0.892. The number of amides is 3. The van der Waals surface area contributed by atoms with E-state index < -0.39 is 76.9 Å². The van der Waals surface area contributed by atoms with Crippen molar-refractivity contribution in [3.8, 4) is 23.0 Å². The van der Waals surface area contributed by atoms with Crippen molar-refractivity contribution in [2.24, 2.45) is 0 Å². The second-order valence-corrected chi connectivity index (χ2v) is 21.2. The molecule has 2 atom stereocenters. The molecule has 4 aliphatic heterocycles. The van der Waals surface area contributed by atoms with Crippen LogP contribution >= 0.6 is 23.5 Å². The van der Waals surface area contributed by atoms with Gasteiger partial charge in [0, 0.05) is 70.7 Å². The van der Waals surface area contributed by atoms with Gasteiger partial charge in [-0.25, -0.2) is 14.4 Å². The number of carbonyl (C=O) groups excluding carboxylic acids is 7. The Labute approximate surface area is 453 Å². The fraction of sp³-hybridized carbons (Fsp3) is 0.186. The zero-order valence-corrected chi connectivity index (χ0v) is 43.9. The highest BCUT2D eigenvalue weighted by Gasteiger charge is 2.56.